The maximum absolute atomic E-state index is 13.6. The van der Waals surface area contributed by atoms with Gasteiger partial charge in [-0.05, 0) is 31.2 Å². The third-order valence-corrected chi connectivity index (χ3v) is 9.97. The van der Waals surface area contributed by atoms with Gasteiger partial charge in [0.15, 0.2) is 10.8 Å². The first kappa shape index (κ1) is 27.1. The lowest BCUT2D eigenvalue weighted by Gasteiger charge is -2.40. The molecule has 1 fully saturated rings. The third-order valence-electron chi connectivity index (χ3n) is 7.10. The van der Waals surface area contributed by atoms with Gasteiger partial charge in [-0.15, -0.1) is 11.3 Å². The number of carbonyl (C=O) groups is 2. The molecule has 4 heterocycles. The largest absolute Gasteiger partial charge is 0.409 e. The Morgan fingerprint density at radius 1 is 1.31 bits per heavy atom. The molecule has 0 spiro atoms. The molecule has 15 heteroatoms. The minimum Gasteiger partial charge on any atom is -0.409 e. The Morgan fingerprint density at radius 3 is 2.85 bits per heavy atom. The van der Waals surface area contributed by atoms with Crippen LogP contribution in [0.4, 0.5) is 0 Å². The summed E-state index contributed by atoms with van der Waals surface area (Å²) < 4.78 is 28.5. The van der Waals surface area contributed by atoms with Gasteiger partial charge in [0.25, 0.3) is 15.9 Å². The van der Waals surface area contributed by atoms with Crippen LogP contribution in [-0.2, 0) is 27.8 Å². The summed E-state index contributed by atoms with van der Waals surface area (Å²) in [6, 6.07) is 5.97. The van der Waals surface area contributed by atoms with Gasteiger partial charge < -0.3 is 31.5 Å². The number of hydrogen-bond acceptors (Lipinski definition) is 9. The number of carbonyl (C=O) groups excluding carboxylic acids is 2. The van der Waals surface area contributed by atoms with Crippen LogP contribution in [0, 0.1) is 0 Å². The van der Waals surface area contributed by atoms with Crippen molar-refractivity contribution in [2.75, 3.05) is 26.7 Å². The van der Waals surface area contributed by atoms with Crippen molar-refractivity contribution in [3.8, 4) is 0 Å². The predicted octanol–water partition coefficient (Wildman–Crippen LogP) is 0.405. The van der Waals surface area contributed by atoms with Gasteiger partial charge in [-0.3, -0.25) is 9.59 Å². The zero-order valence-corrected chi connectivity index (χ0v) is 23.1. The van der Waals surface area contributed by atoms with Gasteiger partial charge in [0.2, 0.25) is 5.91 Å². The molecule has 0 saturated carbocycles. The highest BCUT2D eigenvalue weighted by atomic mass is 32.2. The van der Waals surface area contributed by atoms with Crippen LogP contribution in [0.5, 0.6) is 0 Å². The third kappa shape index (κ3) is 5.22. The molecule has 39 heavy (non-hydrogen) atoms. The van der Waals surface area contributed by atoms with Crippen molar-refractivity contribution >= 4 is 49.9 Å². The second-order valence-electron chi connectivity index (χ2n) is 9.69. The minimum absolute atomic E-state index is 0.0261. The van der Waals surface area contributed by atoms with Crippen LogP contribution in [0.1, 0.15) is 39.3 Å². The first-order valence-corrected chi connectivity index (χ1v) is 14.7. The van der Waals surface area contributed by atoms with E-state index in [0.717, 1.165) is 17.0 Å². The van der Waals surface area contributed by atoms with E-state index < -0.39 is 16.1 Å². The number of rotatable bonds is 6. The Bertz CT molecular complexity index is 1560. The molecular formula is C24H30N8O5S2. The zero-order valence-electron chi connectivity index (χ0n) is 21.5. The molecule has 2 unspecified atom stereocenters. The summed E-state index contributed by atoms with van der Waals surface area (Å²) in [4.78, 5) is 36.0. The first-order valence-electron chi connectivity index (χ1n) is 12.4. The average Bonchev–Trinajstić information content (AvgIpc) is 3.56. The van der Waals surface area contributed by atoms with Gasteiger partial charge in [0.05, 0.1) is 11.7 Å². The van der Waals surface area contributed by atoms with Gasteiger partial charge in [0.1, 0.15) is 5.03 Å². The van der Waals surface area contributed by atoms with Gasteiger partial charge in [-0.2, -0.15) is 4.31 Å². The van der Waals surface area contributed by atoms with E-state index in [1.165, 1.54) is 28.8 Å². The van der Waals surface area contributed by atoms with Gasteiger partial charge in [0, 0.05) is 73.5 Å². The fourth-order valence-electron chi connectivity index (χ4n) is 4.93. The Kier molecular flexibility index (Phi) is 7.33. The number of nitrogens with one attached hydrogen (secondary N) is 3. The lowest BCUT2D eigenvalue weighted by Crippen LogP contribution is -2.57. The van der Waals surface area contributed by atoms with Crippen LogP contribution in [0.2, 0.25) is 0 Å². The second-order valence-corrected chi connectivity index (χ2v) is 12.7. The number of nitrogens with two attached hydrogens (primary N) is 1. The summed E-state index contributed by atoms with van der Waals surface area (Å²) >= 11 is 1.34. The summed E-state index contributed by atoms with van der Waals surface area (Å²) in [6.07, 6.45) is 0.686. The number of piperazine rings is 1. The first-order chi connectivity index (χ1) is 18.6. The smallest absolute Gasteiger partial charge is 0.283 e. The van der Waals surface area contributed by atoms with Gasteiger partial charge in [-0.1, -0.05) is 5.16 Å². The number of amidine groups is 1. The van der Waals surface area contributed by atoms with Crippen molar-refractivity contribution in [2.45, 2.75) is 43.4 Å². The number of benzene rings is 1. The standard InChI is InChI=1S/C24H30N8O5S2/c1-13-7-18-19(11-27-13)38-23(29-18)24(34)32-6-5-31(12-16(32)10-20(33)26-2)39(36,37)21-9-15-8-14(22(25)30-35)3-4-17(15)28-21/h3-4,8-9,13,16,27-28,35H,5-7,10-12H2,1-2H3,(H2,25,30)(H,26,33). The van der Waals surface area contributed by atoms with E-state index in [9.17, 15) is 18.0 Å². The Morgan fingerprint density at radius 2 is 2.10 bits per heavy atom. The molecule has 6 N–H and O–H groups in total. The highest BCUT2D eigenvalue weighted by Gasteiger charge is 2.39. The zero-order chi connectivity index (χ0) is 27.9. The number of hydrogen-bond donors (Lipinski definition) is 5. The summed E-state index contributed by atoms with van der Waals surface area (Å²) in [5, 5.41) is 18.8. The highest BCUT2D eigenvalue weighted by Crippen LogP contribution is 2.28. The van der Waals surface area contributed by atoms with Crippen LogP contribution in [0.15, 0.2) is 34.4 Å². The molecule has 0 bridgehead atoms. The van der Waals surface area contributed by atoms with E-state index in [2.05, 4.69) is 32.7 Å². The van der Waals surface area contributed by atoms with E-state index in [-0.39, 0.29) is 54.8 Å². The van der Waals surface area contributed by atoms with Crippen molar-refractivity contribution in [3.63, 3.8) is 0 Å². The number of sulfonamides is 1. The summed E-state index contributed by atoms with van der Waals surface area (Å²) in [7, 11) is -2.48. The van der Waals surface area contributed by atoms with Crippen LogP contribution < -0.4 is 16.4 Å². The molecule has 2 amide bonds. The van der Waals surface area contributed by atoms with Crippen molar-refractivity contribution in [1.29, 1.82) is 0 Å². The number of nitrogens with zero attached hydrogens (tertiary/aromatic N) is 4. The Labute approximate surface area is 229 Å². The van der Waals surface area contributed by atoms with Gasteiger partial charge >= 0.3 is 0 Å². The molecule has 0 aliphatic carbocycles. The number of oxime groups is 1. The Hall–Kier alpha value is -3.53. The van der Waals surface area contributed by atoms with E-state index in [4.69, 9.17) is 10.9 Å². The molecule has 1 saturated heterocycles. The molecule has 1 aromatic carbocycles. The maximum Gasteiger partial charge on any atom is 0.283 e. The molecule has 208 valence electrons. The van der Waals surface area contributed by atoms with Crippen LogP contribution >= 0.6 is 11.3 Å². The molecule has 2 aliphatic rings. The molecule has 5 rings (SSSR count). The number of amides is 2. The molecule has 0 radical (unpaired) electrons. The van der Waals surface area contributed by atoms with Crippen molar-refractivity contribution in [1.82, 2.24) is 29.8 Å². The van der Waals surface area contributed by atoms with Crippen LogP contribution in [0.3, 0.4) is 0 Å². The maximum atomic E-state index is 13.6. The van der Waals surface area contributed by atoms with Crippen LogP contribution in [-0.4, -0.2) is 89.2 Å². The number of fused-ring (bicyclic) bond motifs is 2. The number of H-pyrrole nitrogens is 1. The Balaban J connectivity index is 1.40. The predicted molar refractivity (Wildman–Crippen MR) is 145 cm³/mol. The lowest BCUT2D eigenvalue weighted by molar-refractivity contribution is -0.121. The van der Waals surface area contributed by atoms with Crippen molar-refractivity contribution in [3.05, 3.63) is 45.4 Å². The normalized spacial score (nSPS) is 20.7. The SMILES string of the molecule is CNC(=O)CC1CN(S(=O)(=O)c2cc3cc(C(N)=NO)ccc3[nH]2)CCN1C(=O)c1nc2c(s1)CNC(C)C2. The van der Waals surface area contributed by atoms with E-state index in [1.54, 1.807) is 23.1 Å². The number of aromatic amines is 1. The number of aromatic nitrogens is 2. The lowest BCUT2D eigenvalue weighted by atomic mass is 10.1. The van der Waals surface area contributed by atoms with E-state index >= 15 is 0 Å². The van der Waals surface area contributed by atoms with Crippen molar-refractivity contribution in [2.24, 2.45) is 10.9 Å². The number of thiazole rings is 1. The topological polar surface area (TPSA) is 186 Å². The second kappa shape index (κ2) is 10.6. The highest BCUT2D eigenvalue weighted by molar-refractivity contribution is 7.89. The summed E-state index contributed by atoms with van der Waals surface area (Å²) in [5.74, 6) is -0.684. The molecular weight excluding hydrogens is 544 g/mol. The summed E-state index contributed by atoms with van der Waals surface area (Å²) in [5.41, 5.74) is 7.59. The monoisotopic (exact) mass is 574 g/mol. The molecule has 2 atom stereocenters. The van der Waals surface area contributed by atoms with Crippen molar-refractivity contribution < 1.29 is 23.2 Å². The fourth-order valence-corrected chi connectivity index (χ4v) is 7.41. The van der Waals surface area contributed by atoms with E-state index in [1.807, 2.05) is 0 Å². The quantitative estimate of drug-likeness (QED) is 0.121. The molecule has 2 aromatic heterocycles. The molecule has 13 nitrogen and oxygen atoms in total. The molecule has 2 aliphatic heterocycles. The minimum atomic E-state index is -3.98. The summed E-state index contributed by atoms with van der Waals surface area (Å²) in [6.45, 7) is 2.85. The average molecular weight is 575 g/mol. The van der Waals surface area contributed by atoms with Crippen LogP contribution in [0.25, 0.3) is 10.9 Å². The van der Waals surface area contributed by atoms with E-state index in [0.29, 0.717) is 28.0 Å². The van der Waals surface area contributed by atoms with Gasteiger partial charge in [-0.25, -0.2) is 13.4 Å². The molecule has 3 aromatic rings. The fraction of sp³-hybridized carbons (Fsp3) is 0.417.